The molecule has 3 N–H and O–H groups in total. The molecule has 2 aliphatic rings. The van der Waals surface area contributed by atoms with E-state index in [0.717, 1.165) is 24.2 Å². The summed E-state index contributed by atoms with van der Waals surface area (Å²) in [6.45, 7) is 5.65. The molecule has 0 saturated carbocycles. The molecule has 9 heteroatoms. The zero-order chi connectivity index (χ0) is 16.2. The Labute approximate surface area is 147 Å². The molecule has 0 aromatic carbocycles. The molecule has 2 aliphatic heterocycles. The second kappa shape index (κ2) is 8.46. The minimum atomic E-state index is -0.524. The average Bonchev–Trinajstić information content (AvgIpc) is 3.04. The number of halogens is 1. The van der Waals surface area contributed by atoms with Crippen molar-refractivity contribution < 1.29 is 14.3 Å². The zero-order valence-electron chi connectivity index (χ0n) is 13.8. The molecule has 134 valence electrons. The van der Waals surface area contributed by atoms with Crippen LogP contribution in [-0.2, 0) is 22.5 Å². The number of nitrogens with one attached hydrogen (secondary N) is 3. The van der Waals surface area contributed by atoms with Gasteiger partial charge in [0.15, 0.2) is 5.69 Å². The maximum Gasteiger partial charge on any atom is 0.272 e. The molecule has 3 heterocycles. The van der Waals surface area contributed by atoms with Gasteiger partial charge in [-0.15, -0.1) is 12.4 Å². The highest BCUT2D eigenvalue weighted by Gasteiger charge is 2.28. The summed E-state index contributed by atoms with van der Waals surface area (Å²) < 4.78 is 5.26. The molecule has 0 bridgehead atoms. The summed E-state index contributed by atoms with van der Waals surface area (Å²) in [5, 5.41) is 13.1. The van der Waals surface area contributed by atoms with Crippen molar-refractivity contribution in [2.24, 2.45) is 0 Å². The molecule has 0 spiro atoms. The zero-order valence-corrected chi connectivity index (χ0v) is 14.6. The van der Waals surface area contributed by atoms with Gasteiger partial charge in [-0.05, 0) is 6.42 Å². The smallest absolute Gasteiger partial charge is 0.272 e. The van der Waals surface area contributed by atoms with Gasteiger partial charge < -0.3 is 20.3 Å². The quantitative estimate of drug-likeness (QED) is 0.695. The summed E-state index contributed by atoms with van der Waals surface area (Å²) in [6, 6.07) is -0.524. The van der Waals surface area contributed by atoms with Crippen LogP contribution in [0.1, 0.15) is 35.1 Å². The van der Waals surface area contributed by atoms with Crippen molar-refractivity contribution in [1.82, 2.24) is 25.7 Å². The molecule has 0 radical (unpaired) electrons. The second-order valence-corrected chi connectivity index (χ2v) is 5.83. The van der Waals surface area contributed by atoms with Gasteiger partial charge in [0.1, 0.15) is 6.04 Å². The molecule has 3 rings (SSSR count). The van der Waals surface area contributed by atoms with E-state index in [1.54, 1.807) is 4.90 Å². The first-order valence-corrected chi connectivity index (χ1v) is 8.15. The average molecular weight is 358 g/mol. The van der Waals surface area contributed by atoms with Crippen LogP contribution in [0.2, 0.25) is 0 Å². The minimum Gasteiger partial charge on any atom is -0.378 e. The molecule has 1 atom stereocenters. The molecule has 0 aliphatic carbocycles. The van der Waals surface area contributed by atoms with Gasteiger partial charge >= 0.3 is 0 Å². The van der Waals surface area contributed by atoms with Crippen LogP contribution < -0.4 is 10.6 Å². The number of hydrogen-bond acceptors (Lipinski definition) is 5. The van der Waals surface area contributed by atoms with Crippen molar-refractivity contribution >= 4 is 24.2 Å². The third-order valence-corrected chi connectivity index (χ3v) is 4.36. The Balaban J connectivity index is 0.00000208. The molecular formula is C15H24ClN5O3. The molecular weight excluding hydrogens is 334 g/mol. The summed E-state index contributed by atoms with van der Waals surface area (Å²) >= 11 is 0. The van der Waals surface area contributed by atoms with Gasteiger partial charge in [0.25, 0.3) is 5.91 Å². The van der Waals surface area contributed by atoms with Crippen LogP contribution in [0, 0.1) is 0 Å². The lowest BCUT2D eigenvalue weighted by Crippen LogP contribution is -2.51. The second-order valence-electron chi connectivity index (χ2n) is 5.83. The number of carbonyl (C=O) groups is 2. The number of hydrogen-bond donors (Lipinski definition) is 3. The van der Waals surface area contributed by atoms with Crippen LogP contribution in [0.5, 0.6) is 0 Å². The van der Waals surface area contributed by atoms with Gasteiger partial charge in [-0.3, -0.25) is 14.7 Å². The van der Waals surface area contributed by atoms with Crippen molar-refractivity contribution in [3.05, 3.63) is 17.0 Å². The van der Waals surface area contributed by atoms with E-state index < -0.39 is 6.04 Å². The molecule has 8 nitrogen and oxygen atoms in total. The van der Waals surface area contributed by atoms with E-state index in [0.29, 0.717) is 45.0 Å². The van der Waals surface area contributed by atoms with E-state index >= 15 is 0 Å². The van der Waals surface area contributed by atoms with Crippen LogP contribution in [0.4, 0.5) is 0 Å². The van der Waals surface area contributed by atoms with Gasteiger partial charge in [0.2, 0.25) is 5.91 Å². The maximum absolute atomic E-state index is 12.5. The van der Waals surface area contributed by atoms with E-state index in [-0.39, 0.29) is 24.2 Å². The third-order valence-electron chi connectivity index (χ3n) is 4.36. The Morgan fingerprint density at radius 3 is 2.83 bits per heavy atom. The predicted molar refractivity (Wildman–Crippen MR) is 90.2 cm³/mol. The molecule has 1 unspecified atom stereocenters. The maximum atomic E-state index is 12.5. The molecule has 1 saturated heterocycles. The first-order valence-electron chi connectivity index (χ1n) is 8.15. The number of nitrogens with zero attached hydrogens (tertiary/aromatic N) is 2. The van der Waals surface area contributed by atoms with Crippen LogP contribution >= 0.6 is 12.4 Å². The van der Waals surface area contributed by atoms with E-state index in [9.17, 15) is 9.59 Å². The molecule has 1 aromatic heterocycles. The number of carbonyl (C=O) groups excluding carboxylic acids is 2. The van der Waals surface area contributed by atoms with Crippen molar-refractivity contribution in [3.8, 4) is 0 Å². The molecule has 24 heavy (non-hydrogen) atoms. The Morgan fingerprint density at radius 2 is 2.12 bits per heavy atom. The van der Waals surface area contributed by atoms with E-state index in [1.807, 2.05) is 6.92 Å². The number of fused-ring (bicyclic) bond motifs is 1. The van der Waals surface area contributed by atoms with Crippen LogP contribution in [0.15, 0.2) is 0 Å². The number of ether oxygens (including phenoxy) is 1. The number of H-pyrrole nitrogens is 1. The van der Waals surface area contributed by atoms with Crippen LogP contribution in [-0.4, -0.2) is 65.8 Å². The lowest BCUT2D eigenvalue weighted by atomic mass is 10.1. The number of amides is 2. The predicted octanol–water partition coefficient (Wildman–Crippen LogP) is -0.156. The van der Waals surface area contributed by atoms with E-state index in [2.05, 4.69) is 20.8 Å². The molecule has 1 aromatic rings. The number of rotatable bonds is 4. The topological polar surface area (TPSA) is 99.3 Å². The molecule has 1 fully saturated rings. The van der Waals surface area contributed by atoms with Gasteiger partial charge in [0.05, 0.1) is 13.2 Å². The normalized spacial score (nSPS) is 18.3. The van der Waals surface area contributed by atoms with Gasteiger partial charge in [0, 0.05) is 43.9 Å². The number of morpholine rings is 1. The Morgan fingerprint density at radius 1 is 1.38 bits per heavy atom. The van der Waals surface area contributed by atoms with Gasteiger partial charge in [-0.1, -0.05) is 6.92 Å². The fourth-order valence-electron chi connectivity index (χ4n) is 2.98. The number of aromatic nitrogens is 2. The Kier molecular flexibility index (Phi) is 6.59. The highest BCUT2D eigenvalue weighted by atomic mass is 35.5. The highest BCUT2D eigenvalue weighted by Crippen LogP contribution is 2.15. The van der Waals surface area contributed by atoms with Crippen molar-refractivity contribution in [2.75, 3.05) is 32.8 Å². The first-order chi connectivity index (χ1) is 11.2. The summed E-state index contributed by atoms with van der Waals surface area (Å²) in [7, 11) is 0. The lowest BCUT2D eigenvalue weighted by molar-refractivity contribution is -0.137. The SMILES string of the molecule is CCC(NC(=O)c1n[nH]c2c1CNCC2)C(=O)N1CCOCC1.Cl. The van der Waals surface area contributed by atoms with Crippen molar-refractivity contribution in [3.63, 3.8) is 0 Å². The third kappa shape index (κ3) is 3.88. The summed E-state index contributed by atoms with van der Waals surface area (Å²) in [5.41, 5.74) is 2.30. The van der Waals surface area contributed by atoms with Crippen molar-refractivity contribution in [1.29, 1.82) is 0 Å². The summed E-state index contributed by atoms with van der Waals surface area (Å²) in [6.07, 6.45) is 1.38. The monoisotopic (exact) mass is 357 g/mol. The van der Waals surface area contributed by atoms with Crippen LogP contribution in [0.25, 0.3) is 0 Å². The lowest BCUT2D eigenvalue weighted by Gasteiger charge is -2.30. The largest absolute Gasteiger partial charge is 0.378 e. The standard InChI is InChI=1S/C15H23N5O3.ClH/c1-2-11(15(22)20-5-7-23-8-6-20)17-14(21)13-10-9-16-4-3-12(10)18-19-13;/h11,16H,2-9H2,1H3,(H,17,21)(H,18,19);1H. The summed E-state index contributed by atoms with van der Waals surface area (Å²) in [4.78, 5) is 26.8. The van der Waals surface area contributed by atoms with E-state index in [1.165, 1.54) is 0 Å². The van der Waals surface area contributed by atoms with Crippen LogP contribution in [0.3, 0.4) is 0 Å². The first kappa shape index (κ1) is 18.7. The minimum absolute atomic E-state index is 0. The van der Waals surface area contributed by atoms with Crippen molar-refractivity contribution in [2.45, 2.75) is 32.4 Å². The summed E-state index contributed by atoms with van der Waals surface area (Å²) in [5.74, 6) is -0.341. The fraction of sp³-hybridized carbons (Fsp3) is 0.667. The Bertz CT molecular complexity index is 586. The van der Waals surface area contributed by atoms with Gasteiger partial charge in [-0.2, -0.15) is 5.10 Å². The number of aromatic amines is 1. The molecule has 2 amide bonds. The van der Waals surface area contributed by atoms with E-state index in [4.69, 9.17) is 4.74 Å². The fourth-order valence-corrected chi connectivity index (χ4v) is 2.98. The van der Waals surface area contributed by atoms with Gasteiger partial charge in [-0.25, -0.2) is 0 Å². The Hall–Kier alpha value is -1.64. The highest BCUT2D eigenvalue weighted by molar-refractivity contribution is 5.97.